The highest BCUT2D eigenvalue weighted by molar-refractivity contribution is 4.97. The summed E-state index contributed by atoms with van der Waals surface area (Å²) in [7, 11) is 2.24. The minimum atomic E-state index is 0.521. The van der Waals surface area contributed by atoms with Crippen LogP contribution >= 0.6 is 0 Å². The first-order chi connectivity index (χ1) is 5.31. The number of hydrogen-bond acceptors (Lipinski definition) is 2. The van der Waals surface area contributed by atoms with Gasteiger partial charge in [-0.25, -0.2) is 0 Å². The van der Waals surface area contributed by atoms with E-state index in [0.29, 0.717) is 5.54 Å². The van der Waals surface area contributed by atoms with Crippen molar-refractivity contribution in [2.24, 2.45) is 0 Å². The van der Waals surface area contributed by atoms with Crippen LogP contribution in [0.5, 0.6) is 0 Å². The van der Waals surface area contributed by atoms with Gasteiger partial charge in [0.2, 0.25) is 0 Å². The minimum Gasteiger partial charge on any atom is -0.310 e. The number of nitrogens with one attached hydrogen (secondary N) is 1. The van der Waals surface area contributed by atoms with Gasteiger partial charge in [-0.05, 0) is 45.8 Å². The molecule has 0 radical (unpaired) electrons. The predicted octanol–water partition coefficient (Wildman–Crippen LogP) is 0.834. The summed E-state index contributed by atoms with van der Waals surface area (Å²) in [5.74, 6) is 0. The van der Waals surface area contributed by atoms with Crippen LogP contribution in [0.15, 0.2) is 0 Å². The molecule has 11 heavy (non-hydrogen) atoms. The van der Waals surface area contributed by atoms with Crippen LogP contribution in [-0.4, -0.2) is 37.1 Å². The first-order valence-corrected chi connectivity index (χ1v) is 4.74. The zero-order valence-electron chi connectivity index (χ0n) is 7.40. The first-order valence-electron chi connectivity index (χ1n) is 4.74. The number of piperidine rings is 1. The lowest BCUT2D eigenvalue weighted by Gasteiger charge is -2.38. The Hall–Kier alpha value is -0.0800. The van der Waals surface area contributed by atoms with E-state index in [-0.39, 0.29) is 0 Å². The second kappa shape index (κ2) is 2.76. The molecule has 1 atom stereocenters. The number of nitrogens with zero attached hydrogens (tertiary/aromatic N) is 1. The summed E-state index contributed by atoms with van der Waals surface area (Å²) in [5, 5.41) is 3.66. The zero-order valence-corrected chi connectivity index (χ0v) is 7.40. The molecule has 1 unspecified atom stereocenters. The van der Waals surface area contributed by atoms with Crippen molar-refractivity contribution >= 4 is 0 Å². The lowest BCUT2D eigenvalue weighted by atomic mass is 9.88. The van der Waals surface area contributed by atoms with E-state index in [1.54, 1.807) is 0 Å². The lowest BCUT2D eigenvalue weighted by Crippen LogP contribution is -2.52. The van der Waals surface area contributed by atoms with E-state index in [9.17, 15) is 0 Å². The topological polar surface area (TPSA) is 15.3 Å². The Morgan fingerprint density at radius 2 is 2.09 bits per heavy atom. The fraction of sp³-hybridized carbons (Fsp3) is 1.00. The van der Waals surface area contributed by atoms with Crippen LogP contribution < -0.4 is 5.32 Å². The van der Waals surface area contributed by atoms with Crippen molar-refractivity contribution in [2.75, 3.05) is 26.7 Å². The number of likely N-dealkylation sites (tertiary alicyclic amines) is 1. The third-order valence-corrected chi connectivity index (χ3v) is 3.10. The maximum absolute atomic E-state index is 3.66. The molecule has 2 fully saturated rings. The molecule has 64 valence electrons. The molecule has 1 spiro atoms. The normalized spacial score (nSPS) is 40.1. The summed E-state index contributed by atoms with van der Waals surface area (Å²) < 4.78 is 0. The van der Waals surface area contributed by atoms with Gasteiger partial charge in [-0.3, -0.25) is 0 Å². The molecule has 0 amide bonds. The standard InChI is InChI=1S/C9H18N2/c1-11-7-3-5-9(8-11)4-2-6-10-9/h10H,2-8H2,1H3. The van der Waals surface area contributed by atoms with Gasteiger partial charge < -0.3 is 10.2 Å². The van der Waals surface area contributed by atoms with Gasteiger partial charge in [0.25, 0.3) is 0 Å². The van der Waals surface area contributed by atoms with E-state index >= 15 is 0 Å². The molecule has 2 nitrogen and oxygen atoms in total. The van der Waals surface area contributed by atoms with E-state index < -0.39 is 0 Å². The lowest BCUT2D eigenvalue weighted by molar-refractivity contribution is 0.161. The van der Waals surface area contributed by atoms with Crippen LogP contribution in [0, 0.1) is 0 Å². The Morgan fingerprint density at radius 3 is 2.73 bits per heavy atom. The van der Waals surface area contributed by atoms with Crippen LogP contribution in [0.2, 0.25) is 0 Å². The molecule has 0 bridgehead atoms. The molecule has 1 N–H and O–H groups in total. The Balaban J connectivity index is 2.00. The molecule has 2 heterocycles. The molecule has 0 aromatic carbocycles. The number of likely N-dealkylation sites (N-methyl/N-ethyl adjacent to an activating group) is 1. The molecule has 2 aliphatic heterocycles. The minimum absolute atomic E-state index is 0.521. The SMILES string of the molecule is CN1CCCC2(CCCN2)C1. The highest BCUT2D eigenvalue weighted by Crippen LogP contribution is 2.28. The Morgan fingerprint density at radius 1 is 1.27 bits per heavy atom. The molecule has 0 aromatic rings. The van der Waals surface area contributed by atoms with E-state index in [4.69, 9.17) is 0 Å². The van der Waals surface area contributed by atoms with Crippen molar-refractivity contribution in [3.8, 4) is 0 Å². The molecular formula is C9H18N2. The summed E-state index contributed by atoms with van der Waals surface area (Å²) in [6.07, 6.45) is 5.56. The van der Waals surface area contributed by atoms with Crippen LogP contribution in [-0.2, 0) is 0 Å². The average Bonchev–Trinajstić information content (AvgIpc) is 2.37. The second-order valence-electron chi connectivity index (χ2n) is 4.15. The Kier molecular flexibility index (Phi) is 1.90. The highest BCUT2D eigenvalue weighted by atomic mass is 15.2. The first kappa shape index (κ1) is 7.56. The van der Waals surface area contributed by atoms with E-state index in [1.807, 2.05) is 0 Å². The molecule has 0 aliphatic carbocycles. The van der Waals surface area contributed by atoms with E-state index in [2.05, 4.69) is 17.3 Å². The van der Waals surface area contributed by atoms with Gasteiger partial charge in [0, 0.05) is 12.1 Å². The van der Waals surface area contributed by atoms with Gasteiger partial charge >= 0.3 is 0 Å². The average molecular weight is 154 g/mol. The third kappa shape index (κ3) is 1.42. The summed E-state index contributed by atoms with van der Waals surface area (Å²) in [5.41, 5.74) is 0.521. The highest BCUT2D eigenvalue weighted by Gasteiger charge is 2.36. The molecule has 2 rings (SSSR count). The van der Waals surface area contributed by atoms with E-state index in [0.717, 1.165) is 0 Å². The van der Waals surface area contributed by atoms with Crippen LogP contribution in [0.3, 0.4) is 0 Å². The van der Waals surface area contributed by atoms with E-state index in [1.165, 1.54) is 45.3 Å². The van der Waals surface area contributed by atoms with Gasteiger partial charge in [-0.2, -0.15) is 0 Å². The summed E-state index contributed by atoms with van der Waals surface area (Å²) in [6.45, 7) is 3.81. The molecule has 2 heteroatoms. The van der Waals surface area contributed by atoms with Gasteiger partial charge in [-0.15, -0.1) is 0 Å². The van der Waals surface area contributed by atoms with Crippen molar-refractivity contribution in [2.45, 2.75) is 31.2 Å². The predicted molar refractivity (Wildman–Crippen MR) is 46.7 cm³/mol. The second-order valence-corrected chi connectivity index (χ2v) is 4.15. The molecular weight excluding hydrogens is 136 g/mol. The quantitative estimate of drug-likeness (QED) is 0.556. The van der Waals surface area contributed by atoms with Crippen LogP contribution in [0.25, 0.3) is 0 Å². The monoisotopic (exact) mass is 154 g/mol. The van der Waals surface area contributed by atoms with Crippen molar-refractivity contribution < 1.29 is 0 Å². The van der Waals surface area contributed by atoms with Gasteiger partial charge in [0.05, 0.1) is 0 Å². The third-order valence-electron chi connectivity index (χ3n) is 3.10. The van der Waals surface area contributed by atoms with Crippen LogP contribution in [0.1, 0.15) is 25.7 Å². The molecule has 2 aliphatic rings. The summed E-state index contributed by atoms with van der Waals surface area (Å²) in [4.78, 5) is 2.46. The van der Waals surface area contributed by atoms with Crippen molar-refractivity contribution in [3.63, 3.8) is 0 Å². The number of rotatable bonds is 0. The van der Waals surface area contributed by atoms with Crippen LogP contribution in [0.4, 0.5) is 0 Å². The fourth-order valence-corrected chi connectivity index (χ4v) is 2.58. The summed E-state index contributed by atoms with van der Waals surface area (Å²) >= 11 is 0. The van der Waals surface area contributed by atoms with Gasteiger partial charge in [0.1, 0.15) is 0 Å². The number of hydrogen-bond donors (Lipinski definition) is 1. The zero-order chi connectivity index (χ0) is 7.73. The van der Waals surface area contributed by atoms with Crippen molar-refractivity contribution in [3.05, 3.63) is 0 Å². The molecule has 2 saturated heterocycles. The maximum Gasteiger partial charge on any atom is 0.0309 e. The van der Waals surface area contributed by atoms with Gasteiger partial charge in [0.15, 0.2) is 0 Å². The Labute approximate surface area is 69.0 Å². The molecule has 0 aromatic heterocycles. The Bertz CT molecular complexity index is 138. The van der Waals surface area contributed by atoms with Crippen molar-refractivity contribution in [1.82, 2.24) is 10.2 Å². The van der Waals surface area contributed by atoms with Gasteiger partial charge in [-0.1, -0.05) is 0 Å². The molecule has 0 saturated carbocycles. The largest absolute Gasteiger partial charge is 0.310 e. The fourth-order valence-electron chi connectivity index (χ4n) is 2.58. The van der Waals surface area contributed by atoms with Crippen molar-refractivity contribution in [1.29, 1.82) is 0 Å². The smallest absolute Gasteiger partial charge is 0.0309 e. The maximum atomic E-state index is 3.66. The summed E-state index contributed by atoms with van der Waals surface area (Å²) in [6, 6.07) is 0.